The summed E-state index contributed by atoms with van der Waals surface area (Å²) < 4.78 is 6.81. The number of benzene rings is 3. The van der Waals surface area contributed by atoms with Gasteiger partial charge in [-0.15, -0.1) is 0 Å². The molecule has 3 aromatic carbocycles. The lowest BCUT2D eigenvalue weighted by atomic mass is 10.1. The third-order valence-corrected chi connectivity index (χ3v) is 6.03. The zero-order chi connectivity index (χ0) is 23.5. The molecule has 8 heteroatoms. The number of nitrogens with zero attached hydrogens (tertiary/aromatic N) is 2. The van der Waals surface area contributed by atoms with Gasteiger partial charge in [-0.05, 0) is 55.5 Å². The third kappa shape index (κ3) is 5.19. The Kier molecular flexibility index (Phi) is 6.98. The Morgan fingerprint density at radius 3 is 2.58 bits per heavy atom. The van der Waals surface area contributed by atoms with Crippen molar-refractivity contribution >= 4 is 62.7 Å². The first kappa shape index (κ1) is 23.2. The molecule has 0 radical (unpaired) electrons. The van der Waals surface area contributed by atoms with Crippen LogP contribution in [0, 0.1) is 0 Å². The average molecular weight is 544 g/mol. The number of hydrogen-bond donors (Lipinski definition) is 0. The second-order valence-corrected chi connectivity index (χ2v) is 9.00. The highest BCUT2D eigenvalue weighted by Gasteiger charge is 2.33. The van der Waals surface area contributed by atoms with Gasteiger partial charge >= 0.3 is 0 Å². The average Bonchev–Trinajstić information content (AvgIpc) is 3.08. The van der Waals surface area contributed by atoms with Crippen LogP contribution in [0.3, 0.4) is 0 Å². The van der Waals surface area contributed by atoms with E-state index in [1.54, 1.807) is 67.6 Å². The first-order valence-electron chi connectivity index (χ1n) is 9.91. The molecule has 0 atom stereocenters. The smallest absolute Gasteiger partial charge is 0.283 e. The summed E-state index contributed by atoms with van der Waals surface area (Å²) in [7, 11) is 0. The van der Waals surface area contributed by atoms with E-state index in [2.05, 4.69) is 21.0 Å². The number of carbonyl (C=O) groups is 2. The van der Waals surface area contributed by atoms with Gasteiger partial charge in [0.05, 0.1) is 11.3 Å². The zero-order valence-corrected chi connectivity index (χ0v) is 20.5. The van der Waals surface area contributed by atoms with Crippen molar-refractivity contribution < 1.29 is 14.3 Å². The molecule has 0 fully saturated rings. The van der Waals surface area contributed by atoms with Crippen LogP contribution in [0.5, 0.6) is 5.75 Å². The predicted octanol–water partition coefficient (Wildman–Crippen LogP) is 6.78. The molecule has 4 rings (SSSR count). The maximum Gasteiger partial charge on any atom is 0.283 e. The van der Waals surface area contributed by atoms with Crippen LogP contribution in [-0.2, 0) is 11.4 Å². The van der Waals surface area contributed by atoms with Crippen LogP contribution in [0.15, 0.2) is 81.9 Å². The number of amides is 2. The largest absolute Gasteiger partial charge is 0.488 e. The molecule has 0 aliphatic carbocycles. The molecule has 0 saturated carbocycles. The summed E-state index contributed by atoms with van der Waals surface area (Å²) >= 11 is 15.7. The molecule has 0 aromatic heterocycles. The van der Waals surface area contributed by atoms with Crippen LogP contribution in [-0.4, -0.2) is 22.5 Å². The van der Waals surface area contributed by atoms with E-state index in [9.17, 15) is 9.59 Å². The van der Waals surface area contributed by atoms with Gasteiger partial charge in [-0.3, -0.25) is 9.59 Å². The highest BCUT2D eigenvalue weighted by atomic mass is 79.9. The van der Waals surface area contributed by atoms with Gasteiger partial charge in [0.1, 0.15) is 12.4 Å². The molecule has 5 nitrogen and oxygen atoms in total. The Labute approximate surface area is 209 Å². The maximum absolute atomic E-state index is 13.0. The maximum atomic E-state index is 13.0. The van der Waals surface area contributed by atoms with Crippen LogP contribution in [0.25, 0.3) is 6.08 Å². The van der Waals surface area contributed by atoms with Crippen LogP contribution in [0.4, 0.5) is 0 Å². The summed E-state index contributed by atoms with van der Waals surface area (Å²) in [6.07, 6.45) is 1.67. The molecule has 0 unspecified atom stereocenters. The van der Waals surface area contributed by atoms with Crippen LogP contribution >= 0.6 is 39.1 Å². The highest BCUT2D eigenvalue weighted by molar-refractivity contribution is 9.10. The Morgan fingerprint density at radius 2 is 1.85 bits per heavy atom. The van der Waals surface area contributed by atoms with Crippen LogP contribution in [0.2, 0.25) is 10.0 Å². The molecule has 0 bridgehead atoms. The fourth-order valence-electron chi connectivity index (χ4n) is 3.24. The number of halogens is 3. The van der Waals surface area contributed by atoms with Gasteiger partial charge in [-0.25, -0.2) is 0 Å². The van der Waals surface area contributed by atoms with Crippen molar-refractivity contribution in [1.82, 2.24) is 5.01 Å². The zero-order valence-electron chi connectivity index (χ0n) is 17.4. The van der Waals surface area contributed by atoms with Gasteiger partial charge in [-0.2, -0.15) is 10.1 Å². The highest BCUT2D eigenvalue weighted by Crippen LogP contribution is 2.30. The summed E-state index contributed by atoms with van der Waals surface area (Å²) in [5, 5.41) is 6.13. The topological polar surface area (TPSA) is 59.0 Å². The first-order valence-corrected chi connectivity index (χ1v) is 11.5. The van der Waals surface area contributed by atoms with E-state index in [0.717, 1.165) is 15.0 Å². The predicted molar refractivity (Wildman–Crippen MR) is 134 cm³/mol. The minimum Gasteiger partial charge on any atom is -0.488 e. The number of hydrazone groups is 1. The monoisotopic (exact) mass is 542 g/mol. The third-order valence-electron chi connectivity index (χ3n) is 4.95. The van der Waals surface area contributed by atoms with Gasteiger partial charge in [0.25, 0.3) is 11.8 Å². The second kappa shape index (κ2) is 9.91. The molecule has 2 amide bonds. The summed E-state index contributed by atoms with van der Waals surface area (Å²) in [5.74, 6) is -0.426. The quantitative estimate of drug-likeness (QED) is 0.263. The molecule has 0 N–H and O–H groups in total. The fraction of sp³-hybridized carbons (Fsp3) is 0.0800. The minimum atomic E-state index is -0.493. The summed E-state index contributed by atoms with van der Waals surface area (Å²) in [4.78, 5) is 25.8. The molecule has 0 spiro atoms. The summed E-state index contributed by atoms with van der Waals surface area (Å²) in [5.41, 5.74) is 2.57. The van der Waals surface area contributed by atoms with E-state index in [-0.39, 0.29) is 6.61 Å². The van der Waals surface area contributed by atoms with Gasteiger partial charge < -0.3 is 4.74 Å². The molecule has 1 heterocycles. The Morgan fingerprint density at radius 1 is 1.09 bits per heavy atom. The van der Waals surface area contributed by atoms with Crippen LogP contribution in [0.1, 0.15) is 28.4 Å². The van der Waals surface area contributed by atoms with Gasteiger partial charge in [0, 0.05) is 31.2 Å². The standard InChI is InChI=1S/C25H17BrCl2N2O3/c1-15-21(25(32)30(29-15)24(31)16-5-3-2-4-6-16)12-18-11-19(26)8-10-23(18)33-14-17-7-9-20(27)13-22(17)28/h2-13H,14H2,1H3/b21-12+. The molecule has 166 valence electrons. The first-order chi connectivity index (χ1) is 15.8. The Balaban J connectivity index is 1.61. The Hall–Kier alpha value is -2.93. The van der Waals surface area contributed by atoms with E-state index in [4.69, 9.17) is 27.9 Å². The van der Waals surface area contributed by atoms with E-state index >= 15 is 0 Å². The molecule has 33 heavy (non-hydrogen) atoms. The fourth-order valence-corrected chi connectivity index (χ4v) is 4.08. The lowest BCUT2D eigenvalue weighted by Gasteiger charge is -2.12. The van der Waals surface area contributed by atoms with Gasteiger partial charge in [0.2, 0.25) is 0 Å². The van der Waals surface area contributed by atoms with Crippen molar-refractivity contribution in [2.75, 3.05) is 0 Å². The minimum absolute atomic E-state index is 0.216. The molecule has 3 aromatic rings. The summed E-state index contributed by atoms with van der Waals surface area (Å²) in [6, 6.07) is 19.2. The van der Waals surface area contributed by atoms with E-state index in [1.165, 1.54) is 0 Å². The van der Waals surface area contributed by atoms with E-state index in [1.807, 2.05) is 12.1 Å². The van der Waals surface area contributed by atoms with E-state index < -0.39 is 11.8 Å². The van der Waals surface area contributed by atoms with E-state index in [0.29, 0.717) is 38.2 Å². The van der Waals surface area contributed by atoms with Crippen molar-refractivity contribution in [2.45, 2.75) is 13.5 Å². The van der Waals surface area contributed by atoms with Crippen molar-refractivity contribution in [1.29, 1.82) is 0 Å². The lowest BCUT2D eigenvalue weighted by molar-refractivity contribution is -0.123. The molecular formula is C25H17BrCl2N2O3. The number of rotatable bonds is 5. The number of imide groups is 1. The van der Waals surface area contributed by atoms with Crippen molar-refractivity contribution in [3.8, 4) is 5.75 Å². The van der Waals surface area contributed by atoms with Crippen molar-refractivity contribution in [2.24, 2.45) is 5.10 Å². The molecule has 1 aliphatic rings. The number of hydrogen-bond acceptors (Lipinski definition) is 4. The second-order valence-electron chi connectivity index (χ2n) is 7.24. The van der Waals surface area contributed by atoms with Gasteiger partial charge in [-0.1, -0.05) is 63.4 Å². The number of carbonyl (C=O) groups excluding carboxylic acids is 2. The number of ether oxygens (including phenoxy) is 1. The van der Waals surface area contributed by atoms with Gasteiger partial charge in [0.15, 0.2) is 0 Å². The van der Waals surface area contributed by atoms with Crippen LogP contribution < -0.4 is 4.74 Å². The van der Waals surface area contributed by atoms with Crippen molar-refractivity contribution in [3.63, 3.8) is 0 Å². The SMILES string of the molecule is CC1=NN(C(=O)c2ccccc2)C(=O)/C1=C/c1cc(Br)ccc1OCc1ccc(Cl)cc1Cl. The normalized spacial score (nSPS) is 14.5. The Bertz CT molecular complexity index is 1310. The molecule has 0 saturated heterocycles. The van der Waals surface area contributed by atoms with Crippen molar-refractivity contribution in [3.05, 3.63) is 104 Å². The summed E-state index contributed by atoms with van der Waals surface area (Å²) in [6.45, 7) is 1.90. The molecule has 1 aliphatic heterocycles. The lowest BCUT2D eigenvalue weighted by Crippen LogP contribution is -2.29. The molecular weight excluding hydrogens is 527 g/mol.